The first-order valence-corrected chi connectivity index (χ1v) is 10.1. The third-order valence-corrected chi connectivity index (χ3v) is 5.66. The molecule has 0 radical (unpaired) electrons. The zero-order valence-corrected chi connectivity index (χ0v) is 17.9. The average Bonchev–Trinajstić information content (AvgIpc) is 2.82. The lowest BCUT2D eigenvalue weighted by atomic mass is 10.0. The van der Waals surface area contributed by atoms with Crippen molar-refractivity contribution in [3.05, 3.63) is 53.7 Å². The maximum Gasteiger partial charge on any atom is 0.256 e. The van der Waals surface area contributed by atoms with E-state index in [-0.39, 0.29) is 11.7 Å². The minimum Gasteiger partial charge on any atom is -0.494 e. The number of ketones is 1. The topological polar surface area (TPSA) is 81.2 Å². The number of hydrogen-bond acceptors (Lipinski definition) is 7. The largest absolute Gasteiger partial charge is 0.494 e. The van der Waals surface area contributed by atoms with Gasteiger partial charge in [-0.3, -0.25) is 14.6 Å². The molecule has 1 saturated heterocycles. The number of ether oxygens (including phenoxy) is 3. The summed E-state index contributed by atoms with van der Waals surface area (Å²) in [5.41, 5.74) is 1.45. The van der Waals surface area contributed by atoms with Gasteiger partial charge in [0.25, 0.3) is 5.91 Å². The summed E-state index contributed by atoms with van der Waals surface area (Å²) in [6.45, 7) is 2.43. The Bertz CT molecular complexity index is 1080. The number of carbonyl (C=O) groups is 2. The minimum absolute atomic E-state index is 0.0323. The van der Waals surface area contributed by atoms with Crippen LogP contribution in [0.5, 0.6) is 11.5 Å². The number of allylic oxidation sites excluding steroid dienone is 2. The van der Waals surface area contributed by atoms with Crippen LogP contribution in [0.2, 0.25) is 0 Å². The van der Waals surface area contributed by atoms with Crippen LogP contribution in [0.15, 0.2) is 48.1 Å². The predicted octanol–water partition coefficient (Wildman–Crippen LogP) is 2.40. The van der Waals surface area contributed by atoms with Crippen LogP contribution in [0.1, 0.15) is 16.8 Å². The second-order valence-electron chi connectivity index (χ2n) is 7.37. The van der Waals surface area contributed by atoms with Crippen LogP contribution in [-0.2, 0) is 9.53 Å². The van der Waals surface area contributed by atoms with Gasteiger partial charge in [-0.15, -0.1) is 0 Å². The van der Waals surface area contributed by atoms with E-state index in [0.717, 1.165) is 16.5 Å². The van der Waals surface area contributed by atoms with E-state index in [1.54, 1.807) is 33.7 Å². The van der Waals surface area contributed by atoms with Crippen molar-refractivity contribution in [2.75, 3.05) is 47.5 Å². The molecule has 8 nitrogen and oxygen atoms in total. The number of amides is 1. The first-order chi connectivity index (χ1) is 15.0. The molecule has 1 aliphatic carbocycles. The maximum absolute atomic E-state index is 13.3. The van der Waals surface area contributed by atoms with Gasteiger partial charge in [-0.2, -0.15) is 0 Å². The molecule has 1 fully saturated rings. The van der Waals surface area contributed by atoms with E-state index in [1.807, 2.05) is 23.1 Å². The van der Waals surface area contributed by atoms with Crippen molar-refractivity contribution in [3.63, 3.8) is 0 Å². The van der Waals surface area contributed by atoms with Gasteiger partial charge in [-0.25, -0.2) is 0 Å². The van der Waals surface area contributed by atoms with Gasteiger partial charge in [0.05, 0.1) is 32.6 Å². The summed E-state index contributed by atoms with van der Waals surface area (Å²) in [7, 11) is 4.71. The Hall–Kier alpha value is -3.55. The Morgan fingerprint density at radius 3 is 2.35 bits per heavy atom. The number of hydrogen-bond donors (Lipinski definition) is 0. The summed E-state index contributed by atoms with van der Waals surface area (Å²) in [6, 6.07) is 3.64. The standard InChI is InChI=1S/C23H25N3O5/c1-29-20-11-16(27)4-5-19(20)25-6-8-26(9-7-25)23(28)18-14-24-13-15-10-21(30-2)22(31-3)12-17(15)18/h5,10-14H,4,6-9H2,1-3H3. The van der Waals surface area contributed by atoms with Gasteiger partial charge >= 0.3 is 0 Å². The molecular weight excluding hydrogens is 398 g/mol. The highest BCUT2D eigenvalue weighted by Gasteiger charge is 2.27. The summed E-state index contributed by atoms with van der Waals surface area (Å²) in [5, 5.41) is 1.59. The van der Waals surface area contributed by atoms with Crippen LogP contribution in [0.3, 0.4) is 0 Å². The van der Waals surface area contributed by atoms with Crippen LogP contribution in [0.4, 0.5) is 0 Å². The monoisotopic (exact) mass is 423 g/mol. The number of nitrogens with zero attached hydrogens (tertiary/aromatic N) is 3. The van der Waals surface area contributed by atoms with Crippen molar-refractivity contribution in [2.45, 2.75) is 6.42 Å². The van der Waals surface area contributed by atoms with Gasteiger partial charge in [0.15, 0.2) is 17.3 Å². The summed E-state index contributed by atoms with van der Waals surface area (Å²) >= 11 is 0. The molecule has 1 amide bonds. The summed E-state index contributed by atoms with van der Waals surface area (Å²) < 4.78 is 16.1. The molecule has 4 rings (SSSR count). The lowest BCUT2D eigenvalue weighted by molar-refractivity contribution is -0.114. The smallest absolute Gasteiger partial charge is 0.256 e. The Morgan fingerprint density at radius 2 is 1.68 bits per heavy atom. The first-order valence-electron chi connectivity index (χ1n) is 10.1. The van der Waals surface area contributed by atoms with Crippen molar-refractivity contribution in [2.24, 2.45) is 0 Å². The van der Waals surface area contributed by atoms with Crippen molar-refractivity contribution in [1.82, 2.24) is 14.8 Å². The number of rotatable bonds is 5. The molecule has 0 N–H and O–H groups in total. The van der Waals surface area contributed by atoms with Gasteiger partial charge in [0, 0.05) is 61.8 Å². The van der Waals surface area contributed by atoms with Crippen LogP contribution in [-0.4, -0.2) is 74.0 Å². The van der Waals surface area contributed by atoms with Gasteiger partial charge < -0.3 is 24.0 Å². The molecule has 1 aromatic heterocycles. The highest BCUT2D eigenvalue weighted by Crippen LogP contribution is 2.33. The molecule has 0 spiro atoms. The van der Waals surface area contributed by atoms with E-state index < -0.39 is 0 Å². The average molecular weight is 423 g/mol. The predicted molar refractivity (Wildman–Crippen MR) is 115 cm³/mol. The molecule has 2 aromatic rings. The Morgan fingerprint density at radius 1 is 0.968 bits per heavy atom. The minimum atomic E-state index is -0.0692. The zero-order chi connectivity index (χ0) is 22.0. The van der Waals surface area contributed by atoms with Crippen LogP contribution in [0.25, 0.3) is 10.8 Å². The summed E-state index contributed by atoms with van der Waals surface area (Å²) in [5.74, 6) is 1.70. The molecule has 1 aromatic carbocycles. The van der Waals surface area contributed by atoms with Crippen LogP contribution in [0, 0.1) is 0 Å². The molecule has 0 bridgehead atoms. The highest BCUT2D eigenvalue weighted by molar-refractivity contribution is 6.07. The Labute approximate surface area is 180 Å². The maximum atomic E-state index is 13.3. The summed E-state index contributed by atoms with van der Waals surface area (Å²) in [4.78, 5) is 33.2. The normalized spacial score (nSPS) is 16.7. The van der Waals surface area contributed by atoms with Crippen molar-refractivity contribution < 1.29 is 23.8 Å². The molecular formula is C23H25N3O5. The SMILES string of the molecule is COC1=CC(=O)CC=C1N1CCN(C(=O)c2cncc3cc(OC)c(OC)cc23)CC1. The lowest BCUT2D eigenvalue weighted by Crippen LogP contribution is -2.48. The third kappa shape index (κ3) is 3.93. The molecule has 1 aliphatic heterocycles. The molecule has 31 heavy (non-hydrogen) atoms. The molecule has 0 atom stereocenters. The fraction of sp³-hybridized carbons (Fsp3) is 0.348. The van der Waals surface area contributed by atoms with E-state index in [0.29, 0.717) is 55.4 Å². The van der Waals surface area contributed by atoms with Crippen LogP contribution < -0.4 is 9.47 Å². The molecule has 8 heteroatoms. The molecule has 2 aliphatic rings. The number of methoxy groups -OCH3 is 3. The molecule has 162 valence electrons. The first kappa shape index (κ1) is 20.7. The van der Waals surface area contributed by atoms with E-state index >= 15 is 0 Å². The molecule has 0 unspecified atom stereocenters. The number of pyridine rings is 1. The fourth-order valence-electron chi connectivity index (χ4n) is 4.01. The van der Waals surface area contributed by atoms with Crippen molar-refractivity contribution in [3.8, 4) is 11.5 Å². The van der Waals surface area contributed by atoms with E-state index in [2.05, 4.69) is 9.88 Å². The second-order valence-corrected chi connectivity index (χ2v) is 7.37. The van der Waals surface area contributed by atoms with E-state index in [4.69, 9.17) is 14.2 Å². The quantitative estimate of drug-likeness (QED) is 0.730. The molecule has 0 saturated carbocycles. The Kier molecular flexibility index (Phi) is 5.79. The van der Waals surface area contributed by atoms with Gasteiger partial charge in [-0.05, 0) is 18.2 Å². The number of piperazine rings is 1. The number of fused-ring (bicyclic) bond motifs is 1. The highest BCUT2D eigenvalue weighted by atomic mass is 16.5. The van der Waals surface area contributed by atoms with Crippen LogP contribution >= 0.6 is 0 Å². The van der Waals surface area contributed by atoms with Crippen molar-refractivity contribution in [1.29, 1.82) is 0 Å². The number of carbonyl (C=O) groups excluding carboxylic acids is 2. The Balaban J connectivity index is 1.53. The molecule has 2 heterocycles. The third-order valence-electron chi connectivity index (χ3n) is 5.66. The number of benzene rings is 1. The van der Waals surface area contributed by atoms with Gasteiger partial charge in [-0.1, -0.05) is 0 Å². The van der Waals surface area contributed by atoms with E-state index in [9.17, 15) is 9.59 Å². The van der Waals surface area contributed by atoms with Gasteiger partial charge in [0.1, 0.15) is 5.76 Å². The van der Waals surface area contributed by atoms with Crippen molar-refractivity contribution >= 4 is 22.5 Å². The lowest BCUT2D eigenvalue weighted by Gasteiger charge is -2.38. The number of aromatic nitrogens is 1. The van der Waals surface area contributed by atoms with E-state index in [1.165, 1.54) is 6.08 Å². The second kappa shape index (κ2) is 8.67. The summed E-state index contributed by atoms with van der Waals surface area (Å²) in [6.07, 6.45) is 7.11. The zero-order valence-electron chi connectivity index (χ0n) is 17.9. The van der Waals surface area contributed by atoms with Gasteiger partial charge in [0.2, 0.25) is 0 Å². The fourth-order valence-corrected chi connectivity index (χ4v) is 4.01.